The molecule has 3 amide bonds. The highest BCUT2D eigenvalue weighted by molar-refractivity contribution is 7.13. The molecule has 6 N–H and O–H groups in total. The predicted molar refractivity (Wildman–Crippen MR) is 266 cm³/mol. The van der Waals surface area contributed by atoms with Crippen molar-refractivity contribution >= 4 is 46.5 Å². The molecule has 2 aromatic carbocycles. The monoisotopic (exact) mass is 956 g/mol. The number of nitrogens with two attached hydrogens (primary N) is 1. The molecule has 69 heavy (non-hydrogen) atoms. The molecule has 3 aromatic heterocycles. The van der Waals surface area contributed by atoms with Gasteiger partial charge in [0.15, 0.2) is 5.82 Å². The van der Waals surface area contributed by atoms with Crippen LogP contribution >= 0.6 is 11.3 Å². The maximum Gasteiger partial charge on any atom is 0.246 e. The minimum absolute atomic E-state index is 0.0277. The summed E-state index contributed by atoms with van der Waals surface area (Å²) in [6.45, 7) is 12.1. The number of piperazine rings is 1. The van der Waals surface area contributed by atoms with Gasteiger partial charge in [-0.25, -0.2) is 15.0 Å². The zero-order chi connectivity index (χ0) is 48.4. The van der Waals surface area contributed by atoms with Crippen molar-refractivity contribution in [2.45, 2.75) is 115 Å². The van der Waals surface area contributed by atoms with Crippen molar-refractivity contribution in [3.05, 3.63) is 89.3 Å². The summed E-state index contributed by atoms with van der Waals surface area (Å²) in [5.41, 5.74) is 13.7. The van der Waals surface area contributed by atoms with E-state index in [2.05, 4.69) is 40.5 Å². The zero-order valence-electron chi connectivity index (χ0n) is 39.9. The van der Waals surface area contributed by atoms with E-state index in [0.717, 1.165) is 97.3 Å². The third-order valence-electron chi connectivity index (χ3n) is 14.3. The molecule has 17 nitrogen and oxygen atoms in total. The van der Waals surface area contributed by atoms with Crippen LogP contribution in [-0.2, 0) is 20.9 Å². The highest BCUT2D eigenvalue weighted by Gasteiger charge is 2.45. The minimum atomic E-state index is -0.868. The summed E-state index contributed by atoms with van der Waals surface area (Å²) in [6.07, 6.45) is 8.21. The third-order valence-corrected chi connectivity index (χ3v) is 15.3. The molecule has 9 rings (SSSR count). The second-order valence-electron chi connectivity index (χ2n) is 20.2. The Bertz CT molecular complexity index is 2600. The number of nitrogens with one attached hydrogen (secondary N) is 2. The number of aliphatic hydroxyl groups excluding tert-OH is 1. The standard InChI is InChI=1S/C51H64N12O5S/c1-31-45(69-30-56-31)34-13-11-32(12-14-34)24-53-48(67)42-22-38(64)29-62(42)49(68)46(51(2,3)4)57-44(66)10-7-19-60-20-17-33(18-21-60)35-25-54-50(55-26-35)63-36-15-16-37(63)28-61(27-36)41-23-40(58-59-47(41)52)39-8-5-6-9-43(39)65/h5-6,8-9,11-14,23,25-26,30,33,36-38,42,46,64-65H,7,10,15-22,24,27-29H2,1-4H3,(H2,52,59)(H,53,67)(H,57,66)/t36?,37?,38-,42+,46-/m1/s1. The Hall–Kier alpha value is -6.24. The van der Waals surface area contributed by atoms with Crippen molar-refractivity contribution in [1.82, 2.24) is 45.6 Å². The quantitative estimate of drug-likeness (QED) is 0.0957. The van der Waals surface area contributed by atoms with E-state index < -0.39 is 23.6 Å². The van der Waals surface area contributed by atoms with Crippen LogP contribution in [0.5, 0.6) is 5.75 Å². The number of thiazole rings is 1. The fraction of sp³-hybridized carbons (Fsp3) is 0.490. The maximum absolute atomic E-state index is 14.1. The Balaban J connectivity index is 0.723. The maximum atomic E-state index is 14.1. The number of β-amino-alcohol motifs (C(OH)–C–C–N with tert-alkyl or cyclic N) is 1. The summed E-state index contributed by atoms with van der Waals surface area (Å²) in [5.74, 6) is 0.722. The molecule has 5 aromatic rings. The Morgan fingerprint density at radius 1 is 0.928 bits per heavy atom. The van der Waals surface area contributed by atoms with Crippen LogP contribution in [0.2, 0.25) is 0 Å². The van der Waals surface area contributed by atoms with Crippen molar-refractivity contribution in [2.75, 3.05) is 54.8 Å². The number of aromatic nitrogens is 5. The first-order chi connectivity index (χ1) is 33.2. The summed E-state index contributed by atoms with van der Waals surface area (Å²) < 4.78 is 0. The van der Waals surface area contributed by atoms with E-state index in [9.17, 15) is 24.6 Å². The molecule has 7 heterocycles. The number of likely N-dealkylation sites (tertiary alicyclic amines) is 2. The van der Waals surface area contributed by atoms with Crippen molar-refractivity contribution in [3.8, 4) is 27.4 Å². The van der Waals surface area contributed by atoms with Crippen molar-refractivity contribution in [2.24, 2.45) is 5.41 Å². The second-order valence-corrected chi connectivity index (χ2v) is 21.0. The van der Waals surface area contributed by atoms with Crippen molar-refractivity contribution in [1.29, 1.82) is 0 Å². The van der Waals surface area contributed by atoms with Crippen LogP contribution in [0.1, 0.15) is 88.5 Å². The molecule has 18 heteroatoms. The number of carbonyl (C=O) groups is 3. The van der Waals surface area contributed by atoms with Gasteiger partial charge in [-0.15, -0.1) is 21.5 Å². The molecule has 4 fully saturated rings. The Morgan fingerprint density at radius 2 is 1.64 bits per heavy atom. The topological polar surface area (TPSA) is 219 Å². The average Bonchev–Trinajstić information content (AvgIpc) is 4.03. The van der Waals surface area contributed by atoms with E-state index in [-0.39, 0.29) is 61.5 Å². The minimum Gasteiger partial charge on any atom is -0.507 e. The third kappa shape index (κ3) is 10.7. The van der Waals surface area contributed by atoms with E-state index in [1.54, 1.807) is 23.5 Å². The highest BCUT2D eigenvalue weighted by Crippen LogP contribution is 2.39. The van der Waals surface area contributed by atoms with Gasteiger partial charge in [0.2, 0.25) is 23.7 Å². The van der Waals surface area contributed by atoms with Gasteiger partial charge in [-0.1, -0.05) is 57.2 Å². The number of benzene rings is 2. The fourth-order valence-electron chi connectivity index (χ4n) is 10.5. The average molecular weight is 957 g/mol. The molecule has 4 aliphatic rings. The van der Waals surface area contributed by atoms with Crippen LogP contribution in [0, 0.1) is 12.3 Å². The van der Waals surface area contributed by atoms with Crippen molar-refractivity contribution < 1.29 is 24.6 Å². The van der Waals surface area contributed by atoms with Gasteiger partial charge in [-0.2, -0.15) is 0 Å². The van der Waals surface area contributed by atoms with Crippen LogP contribution in [0.25, 0.3) is 21.7 Å². The normalized spacial score (nSPS) is 21.4. The first-order valence-electron chi connectivity index (χ1n) is 24.2. The first kappa shape index (κ1) is 47.8. The van der Waals surface area contributed by atoms with E-state index in [0.29, 0.717) is 29.4 Å². The van der Waals surface area contributed by atoms with Crippen LogP contribution in [0.15, 0.2) is 72.5 Å². The van der Waals surface area contributed by atoms with Gasteiger partial charge in [-0.3, -0.25) is 14.4 Å². The number of fused-ring (bicyclic) bond motifs is 2. The lowest BCUT2D eigenvalue weighted by Crippen LogP contribution is -2.57. The lowest BCUT2D eigenvalue weighted by Gasteiger charge is -2.42. The van der Waals surface area contributed by atoms with Gasteiger partial charge in [-0.05, 0) is 105 Å². The Labute approximate surface area is 407 Å². The fourth-order valence-corrected chi connectivity index (χ4v) is 11.3. The van der Waals surface area contributed by atoms with E-state index in [1.807, 2.05) is 88.1 Å². The number of aromatic hydroxyl groups is 1. The first-order valence-corrected chi connectivity index (χ1v) is 25.1. The molecular weight excluding hydrogens is 893 g/mol. The number of piperidine rings is 1. The lowest BCUT2D eigenvalue weighted by molar-refractivity contribution is -0.144. The molecule has 2 unspecified atom stereocenters. The summed E-state index contributed by atoms with van der Waals surface area (Å²) in [7, 11) is 0. The van der Waals surface area contributed by atoms with E-state index in [4.69, 9.17) is 15.7 Å². The summed E-state index contributed by atoms with van der Waals surface area (Å²) in [5, 5.41) is 35.6. The van der Waals surface area contributed by atoms with Gasteiger partial charge in [0.1, 0.15) is 17.8 Å². The van der Waals surface area contributed by atoms with E-state index in [1.165, 1.54) is 4.90 Å². The number of aliphatic hydroxyl groups is 1. The molecular formula is C51H64N12O5S. The number of amides is 3. The smallest absolute Gasteiger partial charge is 0.246 e. The van der Waals surface area contributed by atoms with Gasteiger partial charge in [0.25, 0.3) is 0 Å². The van der Waals surface area contributed by atoms with Crippen molar-refractivity contribution in [3.63, 3.8) is 0 Å². The van der Waals surface area contributed by atoms with Gasteiger partial charge >= 0.3 is 0 Å². The molecule has 0 spiro atoms. The highest BCUT2D eigenvalue weighted by atomic mass is 32.1. The number of hydrogen-bond donors (Lipinski definition) is 5. The number of nitrogens with zero attached hydrogens (tertiary/aromatic N) is 9. The number of carbonyl (C=O) groups excluding carboxylic acids is 3. The van der Waals surface area contributed by atoms with Crippen LogP contribution in [0.3, 0.4) is 0 Å². The summed E-state index contributed by atoms with van der Waals surface area (Å²) in [6, 6.07) is 15.7. The Kier molecular flexibility index (Phi) is 14.1. The molecule has 2 bridgehead atoms. The van der Waals surface area contributed by atoms with Crippen LogP contribution < -0.4 is 26.2 Å². The number of phenols is 1. The van der Waals surface area contributed by atoms with Gasteiger partial charge in [0.05, 0.1) is 33.6 Å². The largest absolute Gasteiger partial charge is 0.507 e. The lowest BCUT2D eigenvalue weighted by atomic mass is 9.85. The number of nitrogen functional groups attached to an aromatic ring is 1. The van der Waals surface area contributed by atoms with E-state index >= 15 is 0 Å². The number of aryl methyl sites for hydroxylation is 1. The molecule has 364 valence electrons. The molecule has 5 atom stereocenters. The number of para-hydroxylation sites is 1. The number of rotatable bonds is 14. The summed E-state index contributed by atoms with van der Waals surface area (Å²) in [4.78, 5) is 64.9. The molecule has 0 aliphatic carbocycles. The Morgan fingerprint density at radius 3 is 2.30 bits per heavy atom. The van der Waals surface area contributed by atoms with Crippen LogP contribution in [0.4, 0.5) is 17.5 Å². The number of anilines is 3. The number of phenolic OH excluding ortho intramolecular Hbond substituents is 1. The molecule has 0 radical (unpaired) electrons. The predicted octanol–water partition coefficient (Wildman–Crippen LogP) is 5.28. The summed E-state index contributed by atoms with van der Waals surface area (Å²) >= 11 is 1.59. The van der Waals surface area contributed by atoms with Crippen LogP contribution in [-0.4, -0.2) is 132 Å². The second kappa shape index (κ2) is 20.4. The molecule has 4 aliphatic heterocycles. The van der Waals surface area contributed by atoms with Gasteiger partial charge < -0.3 is 46.2 Å². The molecule has 4 saturated heterocycles. The zero-order valence-corrected chi connectivity index (χ0v) is 40.7. The molecule has 0 saturated carbocycles. The number of hydrogen-bond acceptors (Lipinski definition) is 15. The SMILES string of the molecule is Cc1ncsc1-c1ccc(CNC(=O)[C@@H]2C[C@@H](O)CN2C(=O)[C@@H](NC(=O)CCCN2CCC(c3cnc(N4C5CCC4CN(c4cc(-c6ccccc6O)nnc4N)C5)nc3)CC2)C(C)(C)C)cc1. The van der Waals surface area contributed by atoms with Gasteiger partial charge in [0, 0.05) is 69.1 Å².